The SMILES string of the molecule is COc1ncccc1CN1C(=O)[C@@H]2CCCN2C(=O)[C@@H]1C. The van der Waals surface area contributed by atoms with Crippen molar-refractivity contribution in [2.45, 2.75) is 38.4 Å². The van der Waals surface area contributed by atoms with E-state index in [-0.39, 0.29) is 17.9 Å². The van der Waals surface area contributed by atoms with Crippen molar-refractivity contribution in [1.82, 2.24) is 14.8 Å². The van der Waals surface area contributed by atoms with Crippen LogP contribution in [-0.4, -0.2) is 52.3 Å². The average Bonchev–Trinajstić information content (AvgIpc) is 2.99. The number of fused-ring (bicyclic) bond motifs is 1. The molecule has 1 aromatic rings. The lowest BCUT2D eigenvalue weighted by molar-refractivity contribution is -0.159. The highest BCUT2D eigenvalue weighted by molar-refractivity contribution is 5.97. The van der Waals surface area contributed by atoms with E-state index >= 15 is 0 Å². The van der Waals surface area contributed by atoms with Gasteiger partial charge in [-0.3, -0.25) is 9.59 Å². The molecule has 0 bridgehead atoms. The van der Waals surface area contributed by atoms with Crippen LogP contribution in [0.3, 0.4) is 0 Å². The first-order valence-electron chi connectivity index (χ1n) is 7.22. The van der Waals surface area contributed by atoms with Gasteiger partial charge >= 0.3 is 0 Å². The topological polar surface area (TPSA) is 62.7 Å². The van der Waals surface area contributed by atoms with Gasteiger partial charge in [0.15, 0.2) is 0 Å². The zero-order valence-electron chi connectivity index (χ0n) is 12.3. The van der Waals surface area contributed by atoms with Crippen molar-refractivity contribution >= 4 is 11.8 Å². The highest BCUT2D eigenvalue weighted by Gasteiger charge is 2.45. The summed E-state index contributed by atoms with van der Waals surface area (Å²) in [5, 5.41) is 0. The molecule has 0 aliphatic carbocycles. The second-order valence-electron chi connectivity index (χ2n) is 5.50. The number of nitrogens with zero attached hydrogens (tertiary/aromatic N) is 3. The first-order valence-corrected chi connectivity index (χ1v) is 7.22. The Morgan fingerprint density at radius 1 is 1.38 bits per heavy atom. The molecule has 6 heteroatoms. The van der Waals surface area contributed by atoms with Crippen LogP contribution in [0.2, 0.25) is 0 Å². The molecule has 0 N–H and O–H groups in total. The van der Waals surface area contributed by atoms with Crippen LogP contribution in [0.4, 0.5) is 0 Å². The van der Waals surface area contributed by atoms with Crippen molar-refractivity contribution in [2.75, 3.05) is 13.7 Å². The number of hydrogen-bond donors (Lipinski definition) is 0. The molecule has 112 valence electrons. The second kappa shape index (κ2) is 5.35. The summed E-state index contributed by atoms with van der Waals surface area (Å²) in [6, 6.07) is 2.96. The summed E-state index contributed by atoms with van der Waals surface area (Å²) in [5.74, 6) is 0.573. The maximum atomic E-state index is 12.6. The van der Waals surface area contributed by atoms with E-state index in [4.69, 9.17) is 4.74 Å². The van der Waals surface area contributed by atoms with Crippen LogP contribution in [0.1, 0.15) is 25.3 Å². The first-order chi connectivity index (χ1) is 10.1. The van der Waals surface area contributed by atoms with Gasteiger partial charge in [0.25, 0.3) is 0 Å². The number of piperazine rings is 1. The van der Waals surface area contributed by atoms with Crippen molar-refractivity contribution in [3.63, 3.8) is 0 Å². The van der Waals surface area contributed by atoms with Gasteiger partial charge in [-0.05, 0) is 25.8 Å². The summed E-state index contributed by atoms with van der Waals surface area (Å²) >= 11 is 0. The molecule has 0 aromatic carbocycles. The maximum Gasteiger partial charge on any atom is 0.246 e. The number of rotatable bonds is 3. The van der Waals surface area contributed by atoms with Gasteiger partial charge in [0.1, 0.15) is 12.1 Å². The number of hydrogen-bond acceptors (Lipinski definition) is 4. The highest BCUT2D eigenvalue weighted by atomic mass is 16.5. The third kappa shape index (κ3) is 2.24. The molecule has 6 nitrogen and oxygen atoms in total. The number of pyridine rings is 1. The van der Waals surface area contributed by atoms with Gasteiger partial charge in [-0.2, -0.15) is 0 Å². The van der Waals surface area contributed by atoms with E-state index in [0.717, 1.165) is 18.4 Å². The van der Waals surface area contributed by atoms with Crippen LogP contribution in [0, 0.1) is 0 Å². The van der Waals surface area contributed by atoms with Gasteiger partial charge in [0.2, 0.25) is 17.7 Å². The van der Waals surface area contributed by atoms with Crippen LogP contribution >= 0.6 is 0 Å². The summed E-state index contributed by atoms with van der Waals surface area (Å²) < 4.78 is 5.23. The molecular formula is C15H19N3O3. The lowest BCUT2D eigenvalue weighted by Gasteiger charge is -2.41. The summed E-state index contributed by atoms with van der Waals surface area (Å²) in [6.45, 7) is 2.84. The fraction of sp³-hybridized carbons (Fsp3) is 0.533. The zero-order valence-corrected chi connectivity index (χ0v) is 12.3. The van der Waals surface area contributed by atoms with Crippen molar-refractivity contribution < 1.29 is 14.3 Å². The van der Waals surface area contributed by atoms with Crippen molar-refractivity contribution in [3.8, 4) is 5.88 Å². The summed E-state index contributed by atoms with van der Waals surface area (Å²) in [6.07, 6.45) is 3.31. The normalized spacial score (nSPS) is 25.2. The predicted octanol–water partition coefficient (Wildman–Crippen LogP) is 0.812. The second-order valence-corrected chi connectivity index (χ2v) is 5.50. The predicted molar refractivity (Wildman–Crippen MR) is 75.5 cm³/mol. The van der Waals surface area contributed by atoms with Gasteiger partial charge in [0, 0.05) is 18.3 Å². The highest BCUT2D eigenvalue weighted by Crippen LogP contribution is 2.29. The molecular weight excluding hydrogens is 270 g/mol. The van der Waals surface area contributed by atoms with E-state index in [0.29, 0.717) is 19.0 Å². The van der Waals surface area contributed by atoms with E-state index in [1.807, 2.05) is 6.07 Å². The fourth-order valence-corrected chi connectivity index (χ4v) is 3.17. The number of aromatic nitrogens is 1. The Labute approximate surface area is 123 Å². The van der Waals surface area contributed by atoms with E-state index in [1.165, 1.54) is 0 Å². The molecule has 3 heterocycles. The number of methoxy groups -OCH3 is 1. The summed E-state index contributed by atoms with van der Waals surface area (Å²) in [7, 11) is 1.55. The third-order valence-corrected chi connectivity index (χ3v) is 4.31. The van der Waals surface area contributed by atoms with Crippen molar-refractivity contribution in [3.05, 3.63) is 23.9 Å². The van der Waals surface area contributed by atoms with Gasteiger partial charge in [-0.1, -0.05) is 6.07 Å². The van der Waals surface area contributed by atoms with Gasteiger partial charge in [-0.15, -0.1) is 0 Å². The molecule has 2 atom stereocenters. The largest absolute Gasteiger partial charge is 0.481 e. The monoisotopic (exact) mass is 289 g/mol. The average molecular weight is 289 g/mol. The molecule has 0 radical (unpaired) electrons. The summed E-state index contributed by atoms with van der Waals surface area (Å²) in [4.78, 5) is 32.5. The van der Waals surface area contributed by atoms with Gasteiger partial charge in [-0.25, -0.2) is 4.98 Å². The van der Waals surface area contributed by atoms with E-state index in [2.05, 4.69) is 4.98 Å². The van der Waals surface area contributed by atoms with Crippen LogP contribution < -0.4 is 4.74 Å². The Morgan fingerprint density at radius 3 is 2.95 bits per heavy atom. The molecule has 1 aromatic heterocycles. The molecule has 0 saturated carbocycles. The van der Waals surface area contributed by atoms with E-state index < -0.39 is 6.04 Å². The maximum absolute atomic E-state index is 12.6. The minimum atomic E-state index is -0.434. The first kappa shape index (κ1) is 13.9. The lowest BCUT2D eigenvalue weighted by Crippen LogP contribution is -2.61. The quantitative estimate of drug-likeness (QED) is 0.826. The minimum absolute atomic E-state index is 0.0329. The van der Waals surface area contributed by atoms with Crippen LogP contribution in [0.5, 0.6) is 5.88 Å². The number of ether oxygens (including phenoxy) is 1. The minimum Gasteiger partial charge on any atom is -0.481 e. The van der Waals surface area contributed by atoms with Crippen LogP contribution in [0.15, 0.2) is 18.3 Å². The zero-order chi connectivity index (χ0) is 15.0. The van der Waals surface area contributed by atoms with Gasteiger partial charge in [0.05, 0.1) is 13.7 Å². The standard InChI is InChI=1S/C15H19N3O3/c1-10-14(19)17-8-4-6-12(17)15(20)18(10)9-11-5-3-7-16-13(11)21-2/h3,5,7,10,12H,4,6,8-9H2,1-2H3/t10-,12-/m0/s1. The number of carbonyl (C=O) groups is 2. The molecule has 2 saturated heterocycles. The Morgan fingerprint density at radius 2 is 2.19 bits per heavy atom. The molecule has 2 amide bonds. The smallest absolute Gasteiger partial charge is 0.246 e. The summed E-state index contributed by atoms with van der Waals surface area (Å²) in [5.41, 5.74) is 0.819. The number of carbonyl (C=O) groups excluding carboxylic acids is 2. The Bertz CT molecular complexity index is 575. The molecule has 0 unspecified atom stereocenters. The van der Waals surface area contributed by atoms with Crippen LogP contribution in [-0.2, 0) is 16.1 Å². The van der Waals surface area contributed by atoms with E-state index in [1.54, 1.807) is 36.1 Å². The van der Waals surface area contributed by atoms with E-state index in [9.17, 15) is 9.59 Å². The Kier molecular flexibility index (Phi) is 3.53. The Balaban J connectivity index is 1.87. The van der Waals surface area contributed by atoms with Crippen molar-refractivity contribution in [1.29, 1.82) is 0 Å². The molecule has 0 spiro atoms. The molecule has 2 aliphatic rings. The lowest BCUT2D eigenvalue weighted by atomic mass is 10.1. The third-order valence-electron chi connectivity index (χ3n) is 4.31. The molecule has 2 fully saturated rings. The molecule has 3 rings (SSSR count). The fourth-order valence-electron chi connectivity index (χ4n) is 3.17. The van der Waals surface area contributed by atoms with Gasteiger partial charge < -0.3 is 14.5 Å². The number of amides is 2. The molecule has 21 heavy (non-hydrogen) atoms. The van der Waals surface area contributed by atoms with Crippen LogP contribution in [0.25, 0.3) is 0 Å². The Hall–Kier alpha value is -2.11. The molecule has 2 aliphatic heterocycles. The van der Waals surface area contributed by atoms with Crippen molar-refractivity contribution in [2.24, 2.45) is 0 Å².